The van der Waals surface area contributed by atoms with Crippen LogP contribution in [0.25, 0.3) is 0 Å². The zero-order chi connectivity index (χ0) is 14.6. The first-order valence-electron chi connectivity index (χ1n) is 6.29. The Morgan fingerprint density at radius 1 is 1.42 bits per heavy atom. The van der Waals surface area contributed by atoms with Crippen LogP contribution in [0.5, 0.6) is 0 Å². The molecule has 19 heavy (non-hydrogen) atoms. The molecule has 0 aliphatic rings. The second-order valence-corrected chi connectivity index (χ2v) is 6.04. The molecule has 0 saturated carbocycles. The average molecular weight is 286 g/mol. The van der Waals surface area contributed by atoms with Crippen molar-refractivity contribution in [1.29, 1.82) is 0 Å². The first-order valence-corrected chi connectivity index (χ1v) is 7.11. The van der Waals surface area contributed by atoms with Crippen molar-refractivity contribution >= 4 is 28.2 Å². The maximum absolute atomic E-state index is 12.1. The van der Waals surface area contributed by atoms with Crippen molar-refractivity contribution in [1.82, 2.24) is 10.3 Å². The van der Waals surface area contributed by atoms with Crippen molar-refractivity contribution in [3.05, 3.63) is 4.88 Å². The lowest BCUT2D eigenvalue weighted by atomic mass is 10.1. The summed E-state index contributed by atoms with van der Waals surface area (Å²) in [4.78, 5) is 16.6. The average Bonchev–Trinajstić information content (AvgIpc) is 2.65. The number of carbonyl (C=O) groups excluding carboxylic acids is 1. The Hall–Kier alpha value is -1.34. The lowest BCUT2D eigenvalue weighted by Gasteiger charge is -2.19. The van der Waals surface area contributed by atoms with E-state index in [0.717, 1.165) is 0 Å². The Morgan fingerprint density at radius 2 is 2.05 bits per heavy atom. The van der Waals surface area contributed by atoms with Crippen molar-refractivity contribution in [2.24, 2.45) is 5.92 Å². The molecule has 0 fully saturated rings. The van der Waals surface area contributed by atoms with Crippen LogP contribution in [0.3, 0.4) is 0 Å². The number of nitrogens with zero attached hydrogens (tertiary/aromatic N) is 1. The number of nitrogens with one attached hydrogen (secondary N) is 2. The van der Waals surface area contributed by atoms with Gasteiger partial charge in [0.15, 0.2) is 5.13 Å². The van der Waals surface area contributed by atoms with Crippen LogP contribution in [0.4, 0.5) is 10.9 Å². The monoisotopic (exact) mass is 286 g/mol. The van der Waals surface area contributed by atoms with Gasteiger partial charge in [0.2, 0.25) is 0 Å². The van der Waals surface area contributed by atoms with Gasteiger partial charge in [-0.25, -0.2) is 4.98 Å². The summed E-state index contributed by atoms with van der Waals surface area (Å²) in [7, 11) is 0. The fourth-order valence-corrected chi connectivity index (χ4v) is 2.39. The maximum atomic E-state index is 12.1. The van der Waals surface area contributed by atoms with E-state index < -0.39 is 0 Å². The van der Waals surface area contributed by atoms with Crippen LogP contribution in [0.1, 0.15) is 37.4 Å². The molecular formula is C12H22N4O2S. The fourth-order valence-electron chi connectivity index (χ4n) is 1.46. The standard InChI is InChI=1S/C12H22N4O2S/c1-6(2)8(5-17)15-11(18)9-10(13)16-12(19-9)14-7(3)4/h6-8,17H,5,13H2,1-4H3,(H,14,16)(H,15,18)/t8-/m1/s1. The molecule has 1 atom stereocenters. The van der Waals surface area contributed by atoms with Crippen LogP contribution in [-0.4, -0.2) is 34.7 Å². The minimum atomic E-state index is -0.292. The fraction of sp³-hybridized carbons (Fsp3) is 0.667. The highest BCUT2D eigenvalue weighted by atomic mass is 32.1. The third kappa shape index (κ3) is 4.36. The lowest BCUT2D eigenvalue weighted by Crippen LogP contribution is -2.41. The first kappa shape index (κ1) is 15.7. The summed E-state index contributed by atoms with van der Waals surface area (Å²) in [5.74, 6) is 0.0713. The van der Waals surface area contributed by atoms with Gasteiger partial charge in [-0.05, 0) is 19.8 Å². The Labute approximate surface area is 117 Å². The van der Waals surface area contributed by atoms with Crippen molar-refractivity contribution in [3.63, 3.8) is 0 Å². The molecule has 1 aromatic rings. The Kier molecular flexibility index (Phi) is 5.56. The largest absolute Gasteiger partial charge is 0.394 e. The van der Waals surface area contributed by atoms with Crippen LogP contribution in [0, 0.1) is 5.92 Å². The van der Waals surface area contributed by atoms with Gasteiger partial charge >= 0.3 is 0 Å². The summed E-state index contributed by atoms with van der Waals surface area (Å²) in [6, 6.07) is -0.0576. The van der Waals surface area contributed by atoms with Crippen molar-refractivity contribution in [2.75, 3.05) is 17.7 Å². The van der Waals surface area contributed by atoms with Crippen LogP contribution >= 0.6 is 11.3 Å². The van der Waals surface area contributed by atoms with Gasteiger partial charge in [0, 0.05) is 6.04 Å². The van der Waals surface area contributed by atoms with E-state index in [1.54, 1.807) is 0 Å². The van der Waals surface area contributed by atoms with Crippen molar-refractivity contribution < 1.29 is 9.90 Å². The molecular weight excluding hydrogens is 264 g/mol. The van der Waals surface area contributed by atoms with Gasteiger partial charge in [-0.3, -0.25) is 4.79 Å². The van der Waals surface area contributed by atoms with E-state index in [9.17, 15) is 9.90 Å². The zero-order valence-corrected chi connectivity index (χ0v) is 12.5. The number of aliphatic hydroxyl groups is 1. The summed E-state index contributed by atoms with van der Waals surface area (Å²) >= 11 is 1.22. The molecule has 0 aliphatic carbocycles. The number of rotatable bonds is 6. The number of hydrogen-bond acceptors (Lipinski definition) is 6. The second-order valence-electron chi connectivity index (χ2n) is 5.04. The van der Waals surface area contributed by atoms with E-state index in [-0.39, 0.29) is 36.3 Å². The molecule has 0 aliphatic heterocycles. The number of thiazole rings is 1. The molecule has 5 N–H and O–H groups in total. The molecule has 7 heteroatoms. The minimum absolute atomic E-state index is 0.0980. The number of hydrogen-bond donors (Lipinski definition) is 4. The van der Waals surface area contributed by atoms with E-state index >= 15 is 0 Å². The van der Waals surface area contributed by atoms with Gasteiger partial charge in [0.25, 0.3) is 5.91 Å². The third-order valence-electron chi connectivity index (χ3n) is 2.59. The molecule has 0 radical (unpaired) electrons. The van der Waals surface area contributed by atoms with Crippen LogP contribution < -0.4 is 16.4 Å². The molecule has 1 amide bonds. The molecule has 6 nitrogen and oxygen atoms in total. The summed E-state index contributed by atoms with van der Waals surface area (Å²) in [5.41, 5.74) is 5.75. The van der Waals surface area contributed by atoms with Gasteiger partial charge in [0.1, 0.15) is 10.7 Å². The Morgan fingerprint density at radius 3 is 2.53 bits per heavy atom. The molecule has 1 rings (SSSR count). The lowest BCUT2D eigenvalue weighted by molar-refractivity contribution is 0.0901. The smallest absolute Gasteiger partial charge is 0.265 e. The van der Waals surface area contributed by atoms with Crippen LogP contribution in [0.15, 0.2) is 0 Å². The van der Waals surface area contributed by atoms with Crippen LogP contribution in [-0.2, 0) is 0 Å². The third-order valence-corrected chi connectivity index (χ3v) is 3.59. The van der Waals surface area contributed by atoms with Gasteiger partial charge in [-0.2, -0.15) is 0 Å². The van der Waals surface area contributed by atoms with Gasteiger partial charge in [0.05, 0.1) is 12.6 Å². The van der Waals surface area contributed by atoms with E-state index in [1.165, 1.54) is 11.3 Å². The van der Waals surface area contributed by atoms with E-state index in [1.807, 2.05) is 27.7 Å². The molecule has 1 heterocycles. The van der Waals surface area contributed by atoms with E-state index in [4.69, 9.17) is 5.73 Å². The molecule has 0 spiro atoms. The quantitative estimate of drug-likeness (QED) is 0.631. The molecule has 0 saturated heterocycles. The van der Waals surface area contributed by atoms with Gasteiger partial charge in [-0.15, -0.1) is 0 Å². The molecule has 1 aromatic heterocycles. The minimum Gasteiger partial charge on any atom is -0.394 e. The number of carbonyl (C=O) groups is 1. The highest BCUT2D eigenvalue weighted by Crippen LogP contribution is 2.25. The zero-order valence-electron chi connectivity index (χ0n) is 11.7. The summed E-state index contributed by atoms with van der Waals surface area (Å²) in [5, 5.41) is 15.7. The number of amides is 1. The Bertz CT molecular complexity index is 431. The second kappa shape index (κ2) is 6.72. The molecule has 108 valence electrons. The number of nitrogens with two attached hydrogens (primary N) is 1. The summed E-state index contributed by atoms with van der Waals surface area (Å²) in [6.45, 7) is 7.74. The molecule has 0 bridgehead atoms. The SMILES string of the molecule is CC(C)Nc1nc(N)c(C(=O)N[C@H](CO)C(C)C)s1. The number of nitrogen functional groups attached to an aromatic ring is 1. The van der Waals surface area contributed by atoms with Gasteiger partial charge in [-0.1, -0.05) is 25.2 Å². The van der Waals surface area contributed by atoms with E-state index in [0.29, 0.717) is 10.0 Å². The van der Waals surface area contributed by atoms with E-state index in [2.05, 4.69) is 15.6 Å². The predicted octanol–water partition coefficient (Wildman–Crippen LogP) is 1.29. The number of aromatic nitrogens is 1. The summed E-state index contributed by atoms with van der Waals surface area (Å²) in [6.07, 6.45) is 0. The van der Waals surface area contributed by atoms with Crippen LogP contribution in [0.2, 0.25) is 0 Å². The highest BCUT2D eigenvalue weighted by Gasteiger charge is 2.21. The normalized spacial score (nSPS) is 12.8. The van der Waals surface area contributed by atoms with Crippen molar-refractivity contribution in [3.8, 4) is 0 Å². The van der Waals surface area contributed by atoms with Gasteiger partial charge < -0.3 is 21.5 Å². The summed E-state index contributed by atoms with van der Waals surface area (Å²) < 4.78 is 0. The first-order chi connectivity index (χ1) is 8.85. The molecule has 0 unspecified atom stereocenters. The predicted molar refractivity (Wildman–Crippen MR) is 78.5 cm³/mol. The highest BCUT2D eigenvalue weighted by molar-refractivity contribution is 7.18. The Balaban J connectivity index is 2.79. The number of aliphatic hydroxyl groups excluding tert-OH is 1. The van der Waals surface area contributed by atoms with Crippen molar-refractivity contribution in [2.45, 2.75) is 39.8 Å². The maximum Gasteiger partial charge on any atom is 0.265 e. The topological polar surface area (TPSA) is 100 Å². The molecule has 0 aromatic carbocycles. The number of anilines is 2.